The van der Waals surface area contributed by atoms with Crippen LogP contribution in [0.25, 0.3) is 0 Å². The minimum absolute atomic E-state index is 0.171. The second kappa shape index (κ2) is 10.3. The lowest BCUT2D eigenvalue weighted by Gasteiger charge is -2.29. The summed E-state index contributed by atoms with van der Waals surface area (Å²) in [6, 6.07) is 13.5. The molecule has 0 aromatic heterocycles. The number of anilines is 1. The molecule has 29 heavy (non-hydrogen) atoms. The molecule has 1 heterocycles. The van der Waals surface area contributed by atoms with Crippen LogP contribution < -0.4 is 19.5 Å². The summed E-state index contributed by atoms with van der Waals surface area (Å²) in [6.45, 7) is 2.12. The summed E-state index contributed by atoms with van der Waals surface area (Å²) in [7, 11) is 4.96. The molecule has 1 aliphatic heterocycles. The van der Waals surface area contributed by atoms with Gasteiger partial charge in [0.15, 0.2) is 5.11 Å². The number of ether oxygens (including phenoxy) is 4. The Morgan fingerprint density at radius 1 is 1.10 bits per heavy atom. The van der Waals surface area contributed by atoms with Gasteiger partial charge in [0.25, 0.3) is 0 Å². The highest BCUT2D eigenvalue weighted by Crippen LogP contribution is 2.27. The van der Waals surface area contributed by atoms with Gasteiger partial charge in [-0.05, 0) is 49.3 Å². The molecule has 6 nitrogen and oxygen atoms in total. The van der Waals surface area contributed by atoms with Gasteiger partial charge >= 0.3 is 0 Å². The van der Waals surface area contributed by atoms with E-state index in [-0.39, 0.29) is 6.10 Å². The molecule has 0 bridgehead atoms. The molecule has 1 unspecified atom stereocenters. The first-order valence-corrected chi connectivity index (χ1v) is 10.1. The summed E-state index contributed by atoms with van der Waals surface area (Å²) in [5.74, 6) is 2.31. The SMILES string of the molecule is COc1cccc(NC(=S)N(Cc2ccc(OC)cc2OC)CC2CCCO2)c1. The Labute approximate surface area is 177 Å². The summed E-state index contributed by atoms with van der Waals surface area (Å²) in [4.78, 5) is 2.12. The van der Waals surface area contributed by atoms with Gasteiger partial charge in [-0.3, -0.25) is 0 Å². The van der Waals surface area contributed by atoms with Crippen molar-refractivity contribution in [3.63, 3.8) is 0 Å². The fourth-order valence-electron chi connectivity index (χ4n) is 3.34. The largest absolute Gasteiger partial charge is 0.497 e. The van der Waals surface area contributed by atoms with Crippen molar-refractivity contribution in [2.24, 2.45) is 0 Å². The minimum Gasteiger partial charge on any atom is -0.497 e. The molecule has 3 rings (SSSR count). The van der Waals surface area contributed by atoms with E-state index in [0.29, 0.717) is 18.2 Å². The first-order valence-electron chi connectivity index (χ1n) is 9.65. The number of thiocarbonyl (C=S) groups is 1. The van der Waals surface area contributed by atoms with Crippen LogP contribution in [0.4, 0.5) is 5.69 Å². The quantitative estimate of drug-likeness (QED) is 0.651. The van der Waals surface area contributed by atoms with Crippen molar-refractivity contribution in [2.75, 3.05) is 39.8 Å². The van der Waals surface area contributed by atoms with E-state index in [1.165, 1.54) is 0 Å². The van der Waals surface area contributed by atoms with Crippen LogP contribution in [0.15, 0.2) is 42.5 Å². The monoisotopic (exact) mass is 416 g/mol. The predicted octanol–water partition coefficient (Wildman–Crippen LogP) is 4.09. The molecule has 0 saturated carbocycles. The molecule has 2 aromatic rings. The van der Waals surface area contributed by atoms with E-state index in [1.807, 2.05) is 42.5 Å². The summed E-state index contributed by atoms with van der Waals surface area (Å²) >= 11 is 5.75. The number of hydrogen-bond acceptors (Lipinski definition) is 5. The predicted molar refractivity (Wildman–Crippen MR) is 118 cm³/mol. The van der Waals surface area contributed by atoms with Crippen LogP contribution in [0.5, 0.6) is 17.2 Å². The standard InChI is InChI=1S/C22H28N2O4S/c1-25-18-7-4-6-17(12-18)23-22(29)24(15-20-8-5-11-28-20)14-16-9-10-19(26-2)13-21(16)27-3/h4,6-7,9-10,12-13,20H,5,8,11,14-15H2,1-3H3,(H,23,29). The van der Waals surface area contributed by atoms with Crippen LogP contribution in [0.1, 0.15) is 18.4 Å². The zero-order chi connectivity index (χ0) is 20.6. The summed E-state index contributed by atoms with van der Waals surface area (Å²) in [5.41, 5.74) is 1.91. The van der Waals surface area contributed by atoms with Gasteiger partial charge < -0.3 is 29.2 Å². The minimum atomic E-state index is 0.171. The first-order chi connectivity index (χ1) is 14.1. The third kappa shape index (κ3) is 5.74. The zero-order valence-corrected chi connectivity index (χ0v) is 18.0. The van der Waals surface area contributed by atoms with Gasteiger partial charge in [0.1, 0.15) is 17.2 Å². The lowest BCUT2D eigenvalue weighted by molar-refractivity contribution is 0.0903. The van der Waals surface area contributed by atoms with Crippen LogP contribution in [-0.2, 0) is 11.3 Å². The molecule has 1 atom stereocenters. The average molecular weight is 417 g/mol. The highest BCUT2D eigenvalue weighted by molar-refractivity contribution is 7.80. The molecule has 1 fully saturated rings. The van der Waals surface area contributed by atoms with Crippen molar-refractivity contribution in [1.82, 2.24) is 4.90 Å². The molecule has 1 aliphatic rings. The van der Waals surface area contributed by atoms with E-state index in [9.17, 15) is 0 Å². The average Bonchev–Trinajstić information content (AvgIpc) is 3.26. The number of methoxy groups -OCH3 is 3. The van der Waals surface area contributed by atoms with Gasteiger partial charge in [0.2, 0.25) is 0 Å². The molecule has 1 N–H and O–H groups in total. The Hall–Kier alpha value is -2.51. The third-order valence-electron chi connectivity index (χ3n) is 4.91. The molecular formula is C22H28N2O4S. The first kappa shape index (κ1) is 21.2. The van der Waals surface area contributed by atoms with Crippen LogP contribution in [0.3, 0.4) is 0 Å². The van der Waals surface area contributed by atoms with Crippen molar-refractivity contribution in [3.05, 3.63) is 48.0 Å². The second-order valence-electron chi connectivity index (χ2n) is 6.86. The Kier molecular flexibility index (Phi) is 7.55. The lowest BCUT2D eigenvalue weighted by atomic mass is 10.1. The topological polar surface area (TPSA) is 52.2 Å². The van der Waals surface area contributed by atoms with Crippen molar-refractivity contribution in [2.45, 2.75) is 25.5 Å². The van der Waals surface area contributed by atoms with E-state index in [1.54, 1.807) is 21.3 Å². The van der Waals surface area contributed by atoms with Crippen LogP contribution >= 0.6 is 12.2 Å². The molecule has 7 heteroatoms. The van der Waals surface area contributed by atoms with Crippen molar-refractivity contribution >= 4 is 23.0 Å². The van der Waals surface area contributed by atoms with E-state index < -0.39 is 0 Å². The van der Waals surface area contributed by atoms with Gasteiger partial charge in [-0.25, -0.2) is 0 Å². The number of nitrogens with one attached hydrogen (secondary N) is 1. The summed E-state index contributed by atoms with van der Waals surface area (Å²) < 4.78 is 22.0. The fraction of sp³-hybridized carbons (Fsp3) is 0.409. The Balaban J connectivity index is 1.79. The molecule has 0 spiro atoms. The normalized spacial score (nSPS) is 15.6. The highest BCUT2D eigenvalue weighted by atomic mass is 32.1. The summed E-state index contributed by atoms with van der Waals surface area (Å²) in [6.07, 6.45) is 2.29. The Bertz CT molecular complexity index is 824. The Morgan fingerprint density at radius 3 is 2.59 bits per heavy atom. The smallest absolute Gasteiger partial charge is 0.173 e. The second-order valence-corrected chi connectivity index (χ2v) is 7.24. The summed E-state index contributed by atoms with van der Waals surface area (Å²) in [5, 5.41) is 3.96. The van der Waals surface area contributed by atoms with Gasteiger partial charge in [-0.1, -0.05) is 6.07 Å². The fourth-order valence-corrected chi connectivity index (χ4v) is 3.60. The molecular weight excluding hydrogens is 388 g/mol. The van der Waals surface area contributed by atoms with Gasteiger partial charge in [0.05, 0.1) is 27.4 Å². The van der Waals surface area contributed by atoms with Crippen molar-refractivity contribution in [3.8, 4) is 17.2 Å². The van der Waals surface area contributed by atoms with Crippen LogP contribution in [-0.4, -0.2) is 50.6 Å². The van der Waals surface area contributed by atoms with E-state index in [0.717, 1.165) is 47.9 Å². The molecule has 156 valence electrons. The lowest BCUT2D eigenvalue weighted by Crippen LogP contribution is -2.39. The third-order valence-corrected chi connectivity index (χ3v) is 5.27. The molecule has 0 radical (unpaired) electrons. The van der Waals surface area contributed by atoms with E-state index in [2.05, 4.69) is 10.2 Å². The van der Waals surface area contributed by atoms with Crippen LogP contribution in [0.2, 0.25) is 0 Å². The maximum Gasteiger partial charge on any atom is 0.173 e. The van der Waals surface area contributed by atoms with Gasteiger partial charge in [0, 0.05) is 43.1 Å². The number of nitrogens with zero attached hydrogens (tertiary/aromatic N) is 1. The van der Waals surface area contributed by atoms with E-state index >= 15 is 0 Å². The van der Waals surface area contributed by atoms with Crippen molar-refractivity contribution in [1.29, 1.82) is 0 Å². The molecule has 0 amide bonds. The maximum absolute atomic E-state index is 5.85. The van der Waals surface area contributed by atoms with Gasteiger partial charge in [-0.2, -0.15) is 0 Å². The Morgan fingerprint density at radius 2 is 1.90 bits per heavy atom. The number of benzene rings is 2. The molecule has 0 aliphatic carbocycles. The number of hydrogen-bond donors (Lipinski definition) is 1. The van der Waals surface area contributed by atoms with Crippen LogP contribution in [0, 0.1) is 0 Å². The maximum atomic E-state index is 5.85. The van der Waals surface area contributed by atoms with Crippen molar-refractivity contribution < 1.29 is 18.9 Å². The molecule has 1 saturated heterocycles. The number of rotatable bonds is 8. The highest BCUT2D eigenvalue weighted by Gasteiger charge is 2.22. The zero-order valence-electron chi connectivity index (χ0n) is 17.1. The van der Waals surface area contributed by atoms with Gasteiger partial charge in [-0.15, -0.1) is 0 Å². The van der Waals surface area contributed by atoms with E-state index in [4.69, 9.17) is 31.2 Å². The molecule has 2 aromatic carbocycles.